The molecule has 1 N–H and O–H groups in total. The van der Waals surface area contributed by atoms with Crippen LogP contribution >= 0.6 is 0 Å². The largest absolute Gasteiger partial charge is 0.493 e. The molecule has 4 heteroatoms. The maximum atomic E-state index is 10.1. The molecule has 0 bridgehead atoms. The first-order chi connectivity index (χ1) is 7.33. The molecule has 0 aliphatic heterocycles. The summed E-state index contributed by atoms with van der Waals surface area (Å²) < 4.78 is 10.3. The van der Waals surface area contributed by atoms with Crippen molar-refractivity contribution >= 4 is 12.5 Å². The topological polar surface area (TPSA) is 47.6 Å². The third-order valence-electron chi connectivity index (χ3n) is 1.86. The molecular weight excluding hydrogens is 194 g/mol. The van der Waals surface area contributed by atoms with Gasteiger partial charge in [0.15, 0.2) is 11.5 Å². The zero-order valence-corrected chi connectivity index (χ0v) is 8.69. The highest BCUT2D eigenvalue weighted by Gasteiger charge is 2.05. The minimum absolute atomic E-state index is 0.600. The Hall–Kier alpha value is -1.97. The van der Waals surface area contributed by atoms with Gasteiger partial charge in [0.05, 0.1) is 14.2 Å². The molecule has 0 unspecified atom stereocenters. The molecule has 0 heterocycles. The molecule has 0 radical (unpaired) electrons. The predicted molar refractivity (Wildman–Crippen MR) is 57.8 cm³/mol. The van der Waals surface area contributed by atoms with E-state index >= 15 is 0 Å². The summed E-state index contributed by atoms with van der Waals surface area (Å²) in [5, 5.41) is 2.43. The standard InChI is InChI=1S/C11H13NO3/c1-14-10-5-3-4-9(11(10)15-2)6-7-12-8-13/h3-8H,1-2H3,(H,12,13). The van der Waals surface area contributed by atoms with Gasteiger partial charge in [0, 0.05) is 11.8 Å². The fourth-order valence-corrected chi connectivity index (χ4v) is 1.22. The molecule has 1 amide bonds. The van der Waals surface area contributed by atoms with Crippen molar-refractivity contribution in [2.75, 3.05) is 14.2 Å². The van der Waals surface area contributed by atoms with Crippen LogP contribution in [0.25, 0.3) is 6.08 Å². The summed E-state index contributed by atoms with van der Waals surface area (Å²) in [4.78, 5) is 10.1. The number of methoxy groups -OCH3 is 2. The number of rotatable bonds is 5. The van der Waals surface area contributed by atoms with E-state index in [2.05, 4.69) is 5.32 Å². The van der Waals surface area contributed by atoms with Crippen molar-refractivity contribution in [3.8, 4) is 11.5 Å². The summed E-state index contributed by atoms with van der Waals surface area (Å²) in [5.41, 5.74) is 0.839. The Balaban J connectivity index is 3.00. The van der Waals surface area contributed by atoms with E-state index in [1.807, 2.05) is 18.2 Å². The minimum atomic E-state index is 0.600. The lowest BCUT2D eigenvalue weighted by Crippen LogP contribution is -1.98. The number of hydrogen-bond donors (Lipinski definition) is 1. The summed E-state index contributed by atoms with van der Waals surface area (Å²) >= 11 is 0. The van der Waals surface area contributed by atoms with Crippen LogP contribution in [0, 0.1) is 0 Å². The molecular formula is C11H13NO3. The Morgan fingerprint density at radius 1 is 1.27 bits per heavy atom. The van der Waals surface area contributed by atoms with Gasteiger partial charge in [-0.2, -0.15) is 0 Å². The molecule has 0 aliphatic carbocycles. The zero-order chi connectivity index (χ0) is 11.1. The Morgan fingerprint density at radius 2 is 2.07 bits per heavy atom. The van der Waals surface area contributed by atoms with E-state index in [9.17, 15) is 4.79 Å². The number of benzene rings is 1. The number of amides is 1. The van der Waals surface area contributed by atoms with Gasteiger partial charge in [0.25, 0.3) is 0 Å². The monoisotopic (exact) mass is 207 g/mol. The molecule has 0 aliphatic rings. The Kier molecular flexibility index (Phi) is 4.22. The van der Waals surface area contributed by atoms with Crippen LogP contribution in [0.2, 0.25) is 0 Å². The first-order valence-electron chi connectivity index (χ1n) is 4.40. The highest BCUT2D eigenvalue weighted by atomic mass is 16.5. The average molecular weight is 207 g/mol. The van der Waals surface area contributed by atoms with Crippen LogP contribution in [0.5, 0.6) is 11.5 Å². The fourth-order valence-electron chi connectivity index (χ4n) is 1.22. The van der Waals surface area contributed by atoms with Gasteiger partial charge in [0.1, 0.15) is 0 Å². The quantitative estimate of drug-likeness (QED) is 0.743. The zero-order valence-electron chi connectivity index (χ0n) is 8.69. The van der Waals surface area contributed by atoms with E-state index in [-0.39, 0.29) is 0 Å². The van der Waals surface area contributed by atoms with Gasteiger partial charge in [0.2, 0.25) is 6.41 Å². The summed E-state index contributed by atoms with van der Waals surface area (Å²) in [6.07, 6.45) is 3.86. The molecule has 0 spiro atoms. The predicted octanol–water partition coefficient (Wildman–Crippen LogP) is 1.42. The highest BCUT2D eigenvalue weighted by Crippen LogP contribution is 2.31. The SMILES string of the molecule is COc1cccc(C=CNC=O)c1OC. The summed E-state index contributed by atoms with van der Waals surface area (Å²) in [7, 11) is 3.15. The number of carbonyl (C=O) groups is 1. The summed E-state index contributed by atoms with van der Waals surface area (Å²) in [5.74, 6) is 1.30. The maximum absolute atomic E-state index is 10.1. The number of carbonyl (C=O) groups excluding carboxylic acids is 1. The smallest absolute Gasteiger partial charge is 0.211 e. The first kappa shape index (κ1) is 11.1. The third-order valence-corrected chi connectivity index (χ3v) is 1.86. The van der Waals surface area contributed by atoms with Crippen molar-refractivity contribution in [3.63, 3.8) is 0 Å². The van der Waals surface area contributed by atoms with Crippen LogP contribution in [0.1, 0.15) is 5.56 Å². The maximum Gasteiger partial charge on any atom is 0.211 e. The second kappa shape index (κ2) is 5.70. The molecule has 0 saturated heterocycles. The van der Waals surface area contributed by atoms with Crippen molar-refractivity contribution < 1.29 is 14.3 Å². The lowest BCUT2D eigenvalue weighted by Gasteiger charge is -2.09. The van der Waals surface area contributed by atoms with Crippen molar-refractivity contribution in [1.82, 2.24) is 5.32 Å². The molecule has 1 rings (SSSR count). The number of para-hydroxylation sites is 1. The molecule has 15 heavy (non-hydrogen) atoms. The molecule has 80 valence electrons. The van der Waals surface area contributed by atoms with Crippen LogP contribution < -0.4 is 14.8 Å². The third kappa shape index (κ3) is 2.74. The number of ether oxygens (including phenoxy) is 2. The highest BCUT2D eigenvalue weighted by molar-refractivity contribution is 5.63. The second-order valence-electron chi connectivity index (χ2n) is 2.70. The lowest BCUT2D eigenvalue weighted by atomic mass is 10.2. The summed E-state index contributed by atoms with van der Waals surface area (Å²) in [6.45, 7) is 0. The van der Waals surface area contributed by atoms with E-state index in [0.717, 1.165) is 5.56 Å². The summed E-state index contributed by atoms with van der Waals surface area (Å²) in [6, 6.07) is 5.52. The van der Waals surface area contributed by atoms with Crippen molar-refractivity contribution in [1.29, 1.82) is 0 Å². The molecule has 1 aromatic rings. The average Bonchev–Trinajstić information content (AvgIpc) is 2.29. The molecule has 4 nitrogen and oxygen atoms in total. The van der Waals surface area contributed by atoms with E-state index in [4.69, 9.17) is 9.47 Å². The molecule has 0 aromatic heterocycles. The molecule has 0 atom stereocenters. The minimum Gasteiger partial charge on any atom is -0.493 e. The van der Waals surface area contributed by atoms with E-state index in [1.165, 1.54) is 6.20 Å². The lowest BCUT2D eigenvalue weighted by molar-refractivity contribution is -0.108. The normalized spacial score (nSPS) is 10.0. The van der Waals surface area contributed by atoms with Gasteiger partial charge in [-0.15, -0.1) is 0 Å². The Labute approximate surface area is 88.5 Å². The van der Waals surface area contributed by atoms with E-state index < -0.39 is 0 Å². The van der Waals surface area contributed by atoms with Crippen LogP contribution in [0.3, 0.4) is 0 Å². The second-order valence-corrected chi connectivity index (χ2v) is 2.70. The van der Waals surface area contributed by atoms with Crippen LogP contribution in [-0.2, 0) is 4.79 Å². The number of hydrogen-bond acceptors (Lipinski definition) is 3. The number of nitrogens with one attached hydrogen (secondary N) is 1. The fraction of sp³-hybridized carbons (Fsp3) is 0.182. The first-order valence-corrected chi connectivity index (χ1v) is 4.40. The van der Waals surface area contributed by atoms with Gasteiger partial charge in [-0.1, -0.05) is 12.1 Å². The van der Waals surface area contributed by atoms with Gasteiger partial charge >= 0.3 is 0 Å². The Morgan fingerprint density at radius 3 is 2.67 bits per heavy atom. The van der Waals surface area contributed by atoms with Gasteiger partial charge in [-0.3, -0.25) is 4.79 Å². The van der Waals surface area contributed by atoms with Crippen molar-refractivity contribution in [2.24, 2.45) is 0 Å². The van der Waals surface area contributed by atoms with Crippen molar-refractivity contribution in [2.45, 2.75) is 0 Å². The van der Waals surface area contributed by atoms with E-state index in [1.54, 1.807) is 20.3 Å². The van der Waals surface area contributed by atoms with Crippen LogP contribution in [0.15, 0.2) is 24.4 Å². The van der Waals surface area contributed by atoms with Gasteiger partial charge < -0.3 is 14.8 Å². The van der Waals surface area contributed by atoms with Crippen LogP contribution in [0.4, 0.5) is 0 Å². The van der Waals surface area contributed by atoms with Gasteiger partial charge in [-0.05, 0) is 12.1 Å². The molecule has 1 aromatic carbocycles. The van der Waals surface area contributed by atoms with Crippen LogP contribution in [-0.4, -0.2) is 20.6 Å². The van der Waals surface area contributed by atoms with Gasteiger partial charge in [-0.25, -0.2) is 0 Å². The molecule has 0 saturated carbocycles. The Bertz CT molecular complexity index is 361. The van der Waals surface area contributed by atoms with E-state index in [0.29, 0.717) is 17.9 Å². The van der Waals surface area contributed by atoms with Crippen molar-refractivity contribution in [3.05, 3.63) is 30.0 Å². The molecule has 0 fully saturated rings.